The number of aryl methyl sites for hydroxylation is 1. The average Bonchev–Trinajstić information content (AvgIpc) is 2.21. The van der Waals surface area contributed by atoms with Gasteiger partial charge in [0.15, 0.2) is 0 Å². The van der Waals surface area contributed by atoms with Crippen LogP contribution < -0.4 is 5.32 Å². The van der Waals surface area contributed by atoms with Crippen molar-refractivity contribution in [3.05, 3.63) is 17.8 Å². The molecule has 0 bridgehead atoms. The van der Waals surface area contributed by atoms with Crippen LogP contribution in [-0.4, -0.2) is 36.2 Å². The van der Waals surface area contributed by atoms with E-state index in [9.17, 15) is 8.42 Å². The maximum atomic E-state index is 11.2. The second kappa shape index (κ2) is 4.37. The molecule has 0 atom stereocenters. The molecule has 88 valence electrons. The summed E-state index contributed by atoms with van der Waals surface area (Å²) in [6.07, 6.45) is 2.99. The van der Waals surface area contributed by atoms with Gasteiger partial charge in [-0.25, -0.2) is 8.42 Å². The fraction of sp³-hybridized carbons (Fsp3) is 0.600. The Bertz CT molecular complexity index is 459. The van der Waals surface area contributed by atoms with Crippen LogP contribution in [0.4, 0.5) is 5.82 Å². The van der Waals surface area contributed by atoms with Gasteiger partial charge in [0, 0.05) is 6.04 Å². The molecule has 0 aromatic carbocycles. The van der Waals surface area contributed by atoms with Crippen LogP contribution in [0.15, 0.2) is 12.3 Å². The molecule has 5 nitrogen and oxygen atoms in total. The smallest absolute Gasteiger partial charge is 0.150 e. The van der Waals surface area contributed by atoms with E-state index in [1.54, 1.807) is 6.20 Å². The van der Waals surface area contributed by atoms with Crippen LogP contribution >= 0.6 is 0 Å². The Morgan fingerprint density at radius 2 is 2.06 bits per heavy atom. The highest BCUT2D eigenvalue weighted by atomic mass is 32.2. The summed E-state index contributed by atoms with van der Waals surface area (Å²) in [5.41, 5.74) is 1.04. The lowest BCUT2D eigenvalue weighted by atomic mass is 10.1. The molecule has 1 aliphatic heterocycles. The van der Waals surface area contributed by atoms with Crippen LogP contribution in [0.25, 0.3) is 0 Å². The van der Waals surface area contributed by atoms with Gasteiger partial charge in [0.2, 0.25) is 0 Å². The van der Waals surface area contributed by atoms with Crippen LogP contribution in [-0.2, 0) is 9.84 Å². The normalized spacial score (nSPS) is 20.6. The largest absolute Gasteiger partial charge is 0.366 e. The summed E-state index contributed by atoms with van der Waals surface area (Å²) in [4.78, 5) is 0. The summed E-state index contributed by atoms with van der Waals surface area (Å²) in [6.45, 7) is 1.95. The van der Waals surface area contributed by atoms with E-state index in [1.165, 1.54) is 0 Å². The van der Waals surface area contributed by atoms with Crippen LogP contribution in [0, 0.1) is 6.92 Å². The van der Waals surface area contributed by atoms with E-state index >= 15 is 0 Å². The summed E-state index contributed by atoms with van der Waals surface area (Å²) < 4.78 is 22.5. The summed E-state index contributed by atoms with van der Waals surface area (Å²) in [5.74, 6) is 1.26. The van der Waals surface area contributed by atoms with E-state index < -0.39 is 9.84 Å². The third-order valence-corrected chi connectivity index (χ3v) is 4.41. The minimum Gasteiger partial charge on any atom is -0.366 e. The molecule has 0 saturated carbocycles. The Hall–Kier alpha value is -1.17. The monoisotopic (exact) mass is 241 g/mol. The number of rotatable bonds is 2. The first-order chi connectivity index (χ1) is 7.55. The van der Waals surface area contributed by atoms with Gasteiger partial charge in [0.25, 0.3) is 0 Å². The maximum absolute atomic E-state index is 11.2. The fourth-order valence-corrected chi connectivity index (χ4v) is 3.27. The molecule has 2 heterocycles. The van der Waals surface area contributed by atoms with E-state index in [2.05, 4.69) is 15.5 Å². The summed E-state index contributed by atoms with van der Waals surface area (Å²) >= 11 is 0. The van der Waals surface area contributed by atoms with Crippen molar-refractivity contribution < 1.29 is 8.42 Å². The van der Waals surface area contributed by atoms with Gasteiger partial charge in [-0.1, -0.05) is 0 Å². The van der Waals surface area contributed by atoms with Crippen molar-refractivity contribution in [2.24, 2.45) is 0 Å². The van der Waals surface area contributed by atoms with Gasteiger partial charge in [-0.2, -0.15) is 5.10 Å². The van der Waals surface area contributed by atoms with Crippen molar-refractivity contribution in [3.63, 3.8) is 0 Å². The van der Waals surface area contributed by atoms with Gasteiger partial charge in [0.05, 0.1) is 17.7 Å². The van der Waals surface area contributed by atoms with Crippen LogP contribution in [0.1, 0.15) is 18.4 Å². The van der Waals surface area contributed by atoms with Gasteiger partial charge in [-0.05, 0) is 31.4 Å². The van der Waals surface area contributed by atoms with E-state index in [-0.39, 0.29) is 17.5 Å². The Balaban J connectivity index is 1.97. The zero-order chi connectivity index (χ0) is 11.6. The maximum Gasteiger partial charge on any atom is 0.150 e. The van der Waals surface area contributed by atoms with Gasteiger partial charge in [0.1, 0.15) is 15.7 Å². The number of nitrogens with zero attached hydrogens (tertiary/aromatic N) is 2. The van der Waals surface area contributed by atoms with Crippen LogP contribution in [0.5, 0.6) is 0 Å². The molecule has 0 radical (unpaired) electrons. The predicted octanol–water partition coefficient (Wildman–Crippen LogP) is 0.774. The van der Waals surface area contributed by atoms with Crippen molar-refractivity contribution in [1.29, 1.82) is 0 Å². The molecular formula is C10H15N3O2S. The lowest BCUT2D eigenvalue weighted by Crippen LogP contribution is -2.32. The Morgan fingerprint density at radius 3 is 2.69 bits per heavy atom. The Morgan fingerprint density at radius 1 is 1.38 bits per heavy atom. The highest BCUT2D eigenvalue weighted by Gasteiger charge is 2.23. The summed E-state index contributed by atoms with van der Waals surface area (Å²) in [6, 6.07) is 2.11. The van der Waals surface area contributed by atoms with Gasteiger partial charge >= 0.3 is 0 Å². The van der Waals surface area contributed by atoms with Crippen molar-refractivity contribution in [3.8, 4) is 0 Å². The number of anilines is 1. The quantitative estimate of drug-likeness (QED) is 0.828. The molecule has 16 heavy (non-hydrogen) atoms. The molecule has 0 unspecified atom stereocenters. The molecule has 0 spiro atoms. The van der Waals surface area contributed by atoms with Crippen LogP contribution in [0.2, 0.25) is 0 Å². The van der Waals surface area contributed by atoms with E-state index in [0.29, 0.717) is 12.8 Å². The first-order valence-electron chi connectivity index (χ1n) is 5.31. The Kier molecular flexibility index (Phi) is 3.09. The number of aromatic nitrogens is 2. The second-order valence-corrected chi connectivity index (χ2v) is 6.49. The van der Waals surface area contributed by atoms with Crippen molar-refractivity contribution in [1.82, 2.24) is 10.2 Å². The second-order valence-electron chi connectivity index (χ2n) is 4.19. The molecule has 0 amide bonds. The molecule has 2 rings (SSSR count). The number of hydrogen-bond acceptors (Lipinski definition) is 5. The van der Waals surface area contributed by atoms with E-state index in [4.69, 9.17) is 0 Å². The van der Waals surface area contributed by atoms with Crippen molar-refractivity contribution >= 4 is 15.7 Å². The molecular weight excluding hydrogens is 226 g/mol. The van der Waals surface area contributed by atoms with E-state index in [0.717, 1.165) is 11.4 Å². The summed E-state index contributed by atoms with van der Waals surface area (Å²) in [5, 5.41) is 11.0. The highest BCUT2D eigenvalue weighted by Crippen LogP contribution is 2.16. The lowest BCUT2D eigenvalue weighted by Gasteiger charge is -2.23. The number of hydrogen-bond donors (Lipinski definition) is 1. The molecule has 1 N–H and O–H groups in total. The Labute approximate surface area is 95.2 Å². The molecule has 6 heteroatoms. The molecule has 1 aliphatic rings. The van der Waals surface area contributed by atoms with Crippen molar-refractivity contribution in [2.75, 3.05) is 16.8 Å². The molecule has 1 saturated heterocycles. The predicted molar refractivity (Wildman–Crippen MR) is 62.1 cm³/mol. The summed E-state index contributed by atoms with van der Waals surface area (Å²) in [7, 11) is -2.79. The SMILES string of the molecule is Cc1cnnc(NC2CCS(=O)(=O)CC2)c1. The molecule has 1 aromatic heterocycles. The molecule has 1 aromatic rings. The molecule has 0 aliphatic carbocycles. The topological polar surface area (TPSA) is 72.0 Å². The third-order valence-electron chi connectivity index (χ3n) is 2.70. The van der Waals surface area contributed by atoms with Crippen molar-refractivity contribution in [2.45, 2.75) is 25.8 Å². The number of sulfone groups is 1. The van der Waals surface area contributed by atoms with E-state index in [1.807, 2.05) is 13.0 Å². The first-order valence-corrected chi connectivity index (χ1v) is 7.14. The minimum absolute atomic E-state index is 0.194. The fourth-order valence-electron chi connectivity index (χ4n) is 1.78. The standard InChI is InChI=1S/C10H15N3O2S/c1-8-6-10(13-11-7-8)12-9-2-4-16(14,15)5-3-9/h6-7,9H,2-5H2,1H3,(H,12,13). The average molecular weight is 241 g/mol. The minimum atomic E-state index is -2.79. The van der Waals surface area contributed by atoms with Gasteiger partial charge in [-0.3, -0.25) is 0 Å². The zero-order valence-corrected chi connectivity index (χ0v) is 10.00. The van der Waals surface area contributed by atoms with Crippen LogP contribution in [0.3, 0.4) is 0 Å². The van der Waals surface area contributed by atoms with Gasteiger partial charge < -0.3 is 5.32 Å². The molecule has 1 fully saturated rings. The zero-order valence-electron chi connectivity index (χ0n) is 9.18. The van der Waals surface area contributed by atoms with Gasteiger partial charge in [-0.15, -0.1) is 5.10 Å². The first kappa shape index (κ1) is 11.3. The third kappa shape index (κ3) is 2.91. The lowest BCUT2D eigenvalue weighted by molar-refractivity contribution is 0.558. The number of nitrogens with one attached hydrogen (secondary N) is 1. The highest BCUT2D eigenvalue weighted by molar-refractivity contribution is 7.91.